The first-order chi connectivity index (χ1) is 33.2. The molecule has 3 fully saturated rings. The number of nitrogens with one attached hydrogen (secondary N) is 3. The number of piperidine rings is 2. The molecule has 3 amide bonds. The van der Waals surface area contributed by atoms with Crippen LogP contribution < -0.4 is 25.8 Å². The van der Waals surface area contributed by atoms with Gasteiger partial charge in [0.1, 0.15) is 24.3 Å². The highest BCUT2D eigenvalue weighted by atomic mass is 32.2. The van der Waals surface area contributed by atoms with Gasteiger partial charge in [0.15, 0.2) is 17.9 Å². The highest BCUT2D eigenvalue weighted by Gasteiger charge is 2.42. The smallest absolute Gasteiger partial charge is 0.253 e. The Kier molecular flexibility index (Phi) is 20.2. The maximum atomic E-state index is 15.3. The highest BCUT2D eigenvalue weighted by molar-refractivity contribution is 7.97. The van der Waals surface area contributed by atoms with Crippen molar-refractivity contribution in [1.29, 1.82) is 0 Å². The number of hydrogen-bond donors (Lipinski definition) is 3. The molecule has 0 bridgehead atoms. The quantitative estimate of drug-likeness (QED) is 0.0437. The van der Waals surface area contributed by atoms with Gasteiger partial charge in [-0.3, -0.25) is 34.2 Å². The van der Waals surface area contributed by atoms with Gasteiger partial charge in [0, 0.05) is 101 Å². The molecule has 3 heterocycles. The molecule has 0 atom stereocenters. The lowest BCUT2D eigenvalue weighted by atomic mass is 9.71. The summed E-state index contributed by atoms with van der Waals surface area (Å²) < 4.78 is 32.6. The van der Waals surface area contributed by atoms with Gasteiger partial charge in [-0.2, -0.15) is 0 Å². The predicted octanol–water partition coefficient (Wildman–Crippen LogP) is 7.99. The summed E-state index contributed by atoms with van der Waals surface area (Å²) in [6, 6.07) is 16.1. The van der Waals surface area contributed by atoms with Crippen LogP contribution in [0.1, 0.15) is 92.0 Å². The molecular weight excluding hydrogens is 903 g/mol. The fourth-order valence-corrected chi connectivity index (χ4v) is 10.00. The number of aldehydes is 2. The molecule has 370 valence electrons. The number of rotatable bonds is 20. The topological polar surface area (TPSA) is 171 Å². The monoisotopic (exact) mass is 968 g/mol. The summed E-state index contributed by atoms with van der Waals surface area (Å²) in [7, 11) is 3.16. The van der Waals surface area contributed by atoms with E-state index >= 15 is 8.78 Å². The van der Waals surface area contributed by atoms with Crippen molar-refractivity contribution >= 4 is 90.3 Å². The van der Waals surface area contributed by atoms with Crippen LogP contribution in [0.15, 0.2) is 80.3 Å². The summed E-state index contributed by atoms with van der Waals surface area (Å²) in [5.74, 6) is -1.41. The molecule has 18 heteroatoms. The van der Waals surface area contributed by atoms with Crippen molar-refractivity contribution in [2.24, 2.45) is 26.3 Å². The zero-order valence-electron chi connectivity index (χ0n) is 40.4. The van der Waals surface area contributed by atoms with Crippen LogP contribution in [0.5, 0.6) is 0 Å². The molecule has 69 heavy (non-hydrogen) atoms. The summed E-state index contributed by atoms with van der Waals surface area (Å²) in [6.07, 6.45) is 8.12. The van der Waals surface area contributed by atoms with E-state index in [2.05, 4.69) is 53.6 Å². The number of anilines is 3. The molecule has 3 aliphatic heterocycles. The van der Waals surface area contributed by atoms with E-state index in [4.69, 9.17) is 0 Å². The van der Waals surface area contributed by atoms with E-state index < -0.39 is 11.6 Å². The number of carbonyl (C=O) groups is 5. The van der Waals surface area contributed by atoms with Gasteiger partial charge in [-0.1, -0.05) is 12.1 Å². The van der Waals surface area contributed by atoms with Crippen molar-refractivity contribution in [2.75, 3.05) is 81.7 Å². The van der Waals surface area contributed by atoms with Crippen LogP contribution in [0.2, 0.25) is 0 Å². The largest absolute Gasteiger partial charge is 0.371 e. The minimum absolute atomic E-state index is 0.00292. The van der Waals surface area contributed by atoms with Gasteiger partial charge in [0.25, 0.3) is 5.91 Å². The van der Waals surface area contributed by atoms with Gasteiger partial charge in [-0.15, -0.1) is 0 Å². The molecule has 3 aliphatic rings. The Morgan fingerprint density at radius 3 is 2.23 bits per heavy atom. The number of amides is 3. The number of halogens is 2. The van der Waals surface area contributed by atoms with Gasteiger partial charge < -0.3 is 35.4 Å². The Morgan fingerprint density at radius 1 is 0.971 bits per heavy atom. The van der Waals surface area contributed by atoms with Crippen LogP contribution in [0.25, 0.3) is 5.70 Å². The van der Waals surface area contributed by atoms with Crippen molar-refractivity contribution in [1.82, 2.24) is 19.8 Å². The van der Waals surface area contributed by atoms with Crippen molar-refractivity contribution in [3.63, 3.8) is 0 Å². The lowest BCUT2D eigenvalue weighted by Crippen LogP contribution is -2.55. The second-order valence-corrected chi connectivity index (χ2v) is 18.7. The maximum Gasteiger partial charge on any atom is 0.253 e. The average Bonchev–Trinajstić information content (AvgIpc) is 3.34. The molecule has 1 spiro atoms. The number of benzene rings is 3. The molecule has 6 rings (SSSR count). The number of unbranched alkanes of at least 4 members (excludes halogenated alkanes) is 1. The molecule has 0 saturated carbocycles. The number of carbonyl (C=O) groups excluding carboxylic acids is 5. The summed E-state index contributed by atoms with van der Waals surface area (Å²) in [5, 5.41) is 8.30. The first-order valence-electron chi connectivity index (χ1n) is 23.4. The van der Waals surface area contributed by atoms with E-state index in [0.717, 1.165) is 86.9 Å². The lowest BCUT2D eigenvalue weighted by Gasteiger charge is -2.49. The molecule has 3 aromatic carbocycles. The predicted molar refractivity (Wildman–Crippen MR) is 275 cm³/mol. The van der Waals surface area contributed by atoms with Crippen LogP contribution >= 0.6 is 11.9 Å². The minimum atomic E-state index is -0.748. The summed E-state index contributed by atoms with van der Waals surface area (Å²) >= 11 is 1.62. The maximum absolute atomic E-state index is 15.3. The molecule has 0 unspecified atom stereocenters. The van der Waals surface area contributed by atoms with Crippen molar-refractivity contribution < 1.29 is 32.8 Å². The molecule has 0 aliphatic carbocycles. The number of hydrogen-bond acceptors (Lipinski definition) is 13. The third-order valence-electron chi connectivity index (χ3n) is 13.0. The van der Waals surface area contributed by atoms with E-state index in [9.17, 15) is 24.0 Å². The number of allylic oxidation sites excluding steroid dienone is 1. The number of likely N-dealkylation sites (tertiary alicyclic amines) is 1. The third-order valence-corrected chi connectivity index (χ3v) is 14.0. The number of nitrogens with zero attached hydrogens (tertiary/aromatic N) is 7. The van der Waals surface area contributed by atoms with Crippen LogP contribution in [0.3, 0.4) is 0 Å². The Labute approximate surface area is 409 Å². The van der Waals surface area contributed by atoms with Gasteiger partial charge in [-0.25, -0.2) is 13.1 Å². The Morgan fingerprint density at radius 2 is 1.65 bits per heavy atom. The zero-order valence-corrected chi connectivity index (χ0v) is 41.3. The molecule has 3 saturated heterocycles. The van der Waals surface area contributed by atoms with Crippen LogP contribution in [0, 0.1) is 17.2 Å². The average molecular weight is 969 g/mol. The molecule has 0 aromatic heterocycles. The standard InChI is InChI=1S/C45H55F2N9O3S.C6H11NO2/c1-7-56(30(2)3)39-24-32(23-36(46)42(39)49-5)41(48-4)37(47)25-51-29-52-34-11-13-35(14-12-34)60-55-26-33(27-55)44(59)54-21-17-45(18-22-54)15-19-53(20-16-45)38-10-8-9-31(28-57)40(38)43(58)50-6;1-7-6(9)4-2-3-5-8/h8-14,23-25,28,30,33,52H,4-5,7,15-22,26-27,29H2,1-3,6H3,(H,50,58);5H,2-4H2,1H3,(H,7,9)/b41-37+,51-25-;. The third kappa shape index (κ3) is 13.9. The minimum Gasteiger partial charge on any atom is -0.371 e. The van der Waals surface area contributed by atoms with Crippen LogP contribution in [-0.4, -0.2) is 132 Å². The van der Waals surface area contributed by atoms with E-state index in [1.54, 1.807) is 38.2 Å². The van der Waals surface area contributed by atoms with Gasteiger partial charge in [0.05, 0.1) is 29.1 Å². The molecular formula is C51H66F2N10O5S. The first kappa shape index (κ1) is 53.7. The summed E-state index contributed by atoms with van der Waals surface area (Å²) in [4.78, 5) is 77.1. The van der Waals surface area contributed by atoms with Crippen molar-refractivity contribution in [3.05, 3.63) is 82.9 Å². The van der Waals surface area contributed by atoms with Gasteiger partial charge >= 0.3 is 0 Å². The van der Waals surface area contributed by atoms with Crippen molar-refractivity contribution in [2.45, 2.75) is 76.7 Å². The Bertz CT molecular complexity index is 2350. The molecule has 3 aromatic rings. The molecule has 0 radical (unpaired) electrons. The van der Waals surface area contributed by atoms with Crippen LogP contribution in [0.4, 0.5) is 31.5 Å². The van der Waals surface area contributed by atoms with Crippen molar-refractivity contribution in [3.8, 4) is 0 Å². The first-order valence-corrected chi connectivity index (χ1v) is 24.2. The fourth-order valence-electron chi connectivity index (χ4n) is 8.93. The van der Waals surface area contributed by atoms with E-state index in [1.807, 2.05) is 67.0 Å². The lowest BCUT2D eigenvalue weighted by molar-refractivity contribution is -0.141. The number of aliphatic imine (C=N–C) groups is 3. The van der Waals surface area contributed by atoms with Gasteiger partial charge in [-0.05, 0) is 126 Å². The summed E-state index contributed by atoms with van der Waals surface area (Å²) in [5.41, 5.74) is 3.32. The van der Waals surface area contributed by atoms with Gasteiger partial charge in [0.2, 0.25) is 11.8 Å². The second-order valence-electron chi connectivity index (χ2n) is 17.5. The van der Waals surface area contributed by atoms with Crippen LogP contribution in [-0.2, 0) is 14.4 Å². The SMILES string of the molecule is C=N/C(=C(F)\C=N/CNc1ccc(SN2CC(C(=O)N3CCC4(CC3)CCN(c3cccc(C=O)c3C(=O)NC)CC4)C2)cc1)c1cc(F)c(N=C)c(N(CC)C(C)C)c1.CNC(=O)CCCC=O. The van der Waals surface area contributed by atoms with E-state index in [-0.39, 0.29) is 58.7 Å². The fraction of sp³-hybridized carbons (Fsp3) is 0.451. The normalized spacial score (nSPS) is 16.2. The molecule has 15 nitrogen and oxygen atoms in total. The molecule has 3 N–H and O–H groups in total. The van der Waals surface area contributed by atoms with E-state index in [1.165, 1.54) is 6.07 Å². The Balaban J connectivity index is 0.000000895. The summed E-state index contributed by atoms with van der Waals surface area (Å²) in [6.45, 7) is 18.1. The second kappa shape index (κ2) is 25.9. The van der Waals surface area contributed by atoms with E-state index in [0.29, 0.717) is 55.7 Å². The zero-order chi connectivity index (χ0) is 50.1. The highest BCUT2D eigenvalue weighted by Crippen LogP contribution is 2.44. The Hall–Kier alpha value is -6.27.